The van der Waals surface area contributed by atoms with Gasteiger partial charge in [-0.3, -0.25) is 4.79 Å². The Labute approximate surface area is 72.9 Å². The standard InChI is InChI=1S/C7H4IO2/c8-10-7-4-2-1-3-6(7)5-9/h1-4H. The second-order valence-corrected chi connectivity index (χ2v) is 2.12. The first-order valence-corrected chi connectivity index (χ1v) is 3.52. The molecule has 0 heterocycles. The lowest BCUT2D eigenvalue weighted by molar-refractivity contribution is 0.561. The van der Waals surface area contributed by atoms with Crippen LogP contribution in [-0.2, 0) is 4.79 Å². The third-order valence-corrected chi connectivity index (χ3v) is 1.55. The van der Waals surface area contributed by atoms with Crippen LogP contribution in [0.25, 0.3) is 0 Å². The van der Waals surface area contributed by atoms with Crippen molar-refractivity contribution in [2.75, 3.05) is 0 Å². The van der Waals surface area contributed by atoms with Crippen LogP contribution in [0.15, 0.2) is 24.3 Å². The minimum Gasteiger partial charge on any atom is -0.427 e. The van der Waals surface area contributed by atoms with E-state index < -0.39 is 0 Å². The predicted octanol–water partition coefficient (Wildman–Crippen LogP) is 1.87. The van der Waals surface area contributed by atoms with Gasteiger partial charge in [0.1, 0.15) is 5.75 Å². The Morgan fingerprint density at radius 3 is 2.60 bits per heavy atom. The van der Waals surface area contributed by atoms with E-state index in [2.05, 4.69) is 0 Å². The minimum atomic E-state index is 0.455. The van der Waals surface area contributed by atoms with Crippen LogP contribution in [0.2, 0.25) is 0 Å². The molecule has 0 unspecified atom stereocenters. The molecule has 10 heavy (non-hydrogen) atoms. The topological polar surface area (TPSA) is 26.3 Å². The van der Waals surface area contributed by atoms with E-state index in [-0.39, 0.29) is 0 Å². The van der Waals surface area contributed by atoms with Crippen molar-refractivity contribution in [1.82, 2.24) is 0 Å². The molecule has 0 saturated carbocycles. The van der Waals surface area contributed by atoms with Crippen molar-refractivity contribution in [3.63, 3.8) is 0 Å². The molecule has 0 amide bonds. The molecule has 0 atom stereocenters. The van der Waals surface area contributed by atoms with Gasteiger partial charge in [0, 0.05) is 0 Å². The molecule has 0 spiro atoms. The molecule has 0 saturated heterocycles. The highest BCUT2D eigenvalue weighted by atomic mass is 127. The van der Waals surface area contributed by atoms with E-state index in [1.165, 1.54) is 0 Å². The second kappa shape index (κ2) is 3.55. The van der Waals surface area contributed by atoms with Crippen molar-refractivity contribution in [2.24, 2.45) is 0 Å². The monoisotopic (exact) mass is 247 g/mol. The van der Waals surface area contributed by atoms with E-state index >= 15 is 0 Å². The third-order valence-electron chi connectivity index (χ3n) is 1.08. The van der Waals surface area contributed by atoms with Gasteiger partial charge in [-0.15, -0.1) is 0 Å². The number of hydrogen-bond donors (Lipinski definition) is 0. The number of hydrogen-bond acceptors (Lipinski definition) is 2. The van der Waals surface area contributed by atoms with Gasteiger partial charge >= 0.3 is 0 Å². The quantitative estimate of drug-likeness (QED) is 0.745. The first kappa shape index (κ1) is 7.53. The van der Waals surface area contributed by atoms with Crippen molar-refractivity contribution < 1.29 is 7.86 Å². The normalized spacial score (nSPS) is 8.90. The van der Waals surface area contributed by atoms with Crippen molar-refractivity contribution in [3.05, 3.63) is 29.8 Å². The molecule has 1 aromatic rings. The van der Waals surface area contributed by atoms with Gasteiger partial charge < -0.3 is 3.07 Å². The number of halogens is 1. The predicted molar refractivity (Wildman–Crippen MR) is 45.9 cm³/mol. The summed E-state index contributed by atoms with van der Waals surface area (Å²) in [4.78, 5) is 10.2. The number of para-hydroxylation sites is 1. The fraction of sp³-hybridized carbons (Fsp3) is 0. The van der Waals surface area contributed by atoms with Crippen LogP contribution in [0.1, 0.15) is 5.56 Å². The fourth-order valence-corrected chi connectivity index (χ4v) is 1.00. The second-order valence-electron chi connectivity index (χ2n) is 1.68. The zero-order valence-corrected chi connectivity index (χ0v) is 7.16. The molecule has 1 radical (unpaired) electrons. The SMILES string of the molecule is O=[C]c1ccccc1OI. The van der Waals surface area contributed by atoms with Crippen LogP contribution in [0.5, 0.6) is 5.75 Å². The van der Waals surface area contributed by atoms with Gasteiger partial charge in [0.25, 0.3) is 0 Å². The molecule has 51 valence electrons. The summed E-state index contributed by atoms with van der Waals surface area (Å²) in [5.74, 6) is 0.554. The van der Waals surface area contributed by atoms with Crippen molar-refractivity contribution >= 4 is 29.3 Å². The number of carbonyl (C=O) groups excluding carboxylic acids is 1. The Bertz CT molecular complexity index is 235. The highest BCUT2D eigenvalue weighted by Gasteiger charge is 1.98. The summed E-state index contributed by atoms with van der Waals surface area (Å²) >= 11 is 1.72. The third kappa shape index (κ3) is 1.47. The summed E-state index contributed by atoms with van der Waals surface area (Å²) < 4.78 is 4.84. The Morgan fingerprint density at radius 1 is 1.40 bits per heavy atom. The number of benzene rings is 1. The van der Waals surface area contributed by atoms with E-state index in [1.54, 1.807) is 53.6 Å². The van der Waals surface area contributed by atoms with Crippen molar-refractivity contribution in [3.8, 4) is 5.75 Å². The lowest BCUT2D eigenvalue weighted by Gasteiger charge is -1.96. The van der Waals surface area contributed by atoms with Gasteiger partial charge in [-0.2, -0.15) is 0 Å². The first-order valence-electron chi connectivity index (χ1n) is 2.64. The summed E-state index contributed by atoms with van der Waals surface area (Å²) in [6, 6.07) is 6.93. The van der Waals surface area contributed by atoms with Crippen molar-refractivity contribution in [2.45, 2.75) is 0 Å². The maximum atomic E-state index is 10.2. The molecule has 1 rings (SSSR count). The van der Waals surface area contributed by atoms with E-state index in [0.29, 0.717) is 11.3 Å². The van der Waals surface area contributed by atoms with Crippen LogP contribution in [-0.4, -0.2) is 6.29 Å². The van der Waals surface area contributed by atoms with Crippen LogP contribution < -0.4 is 3.07 Å². The summed E-state index contributed by atoms with van der Waals surface area (Å²) in [7, 11) is 0. The van der Waals surface area contributed by atoms with Gasteiger partial charge in [-0.05, 0) is 12.1 Å². The summed E-state index contributed by atoms with van der Waals surface area (Å²) in [6.45, 7) is 0. The maximum absolute atomic E-state index is 10.2. The first-order chi connectivity index (χ1) is 4.88. The van der Waals surface area contributed by atoms with Crippen LogP contribution in [0.4, 0.5) is 0 Å². The van der Waals surface area contributed by atoms with Gasteiger partial charge in [0.05, 0.1) is 5.56 Å². The van der Waals surface area contributed by atoms with Gasteiger partial charge in [0.15, 0.2) is 23.0 Å². The minimum absolute atomic E-state index is 0.455. The Hall–Kier alpha value is -0.580. The summed E-state index contributed by atoms with van der Waals surface area (Å²) in [6.07, 6.45) is 1.77. The van der Waals surface area contributed by atoms with E-state index in [0.717, 1.165) is 0 Å². The lowest BCUT2D eigenvalue weighted by atomic mass is 10.2. The van der Waals surface area contributed by atoms with E-state index in [4.69, 9.17) is 3.07 Å². The zero-order valence-electron chi connectivity index (χ0n) is 5.00. The Kier molecular flexibility index (Phi) is 2.68. The molecule has 0 aliphatic rings. The van der Waals surface area contributed by atoms with E-state index in [1.807, 2.05) is 0 Å². The smallest absolute Gasteiger partial charge is 0.237 e. The lowest BCUT2D eigenvalue weighted by Crippen LogP contribution is -1.83. The molecule has 0 aliphatic heterocycles. The summed E-state index contributed by atoms with van der Waals surface area (Å²) in [5, 5.41) is 0. The Morgan fingerprint density at radius 2 is 2.10 bits per heavy atom. The molecule has 1 aromatic carbocycles. The fourth-order valence-electron chi connectivity index (χ4n) is 0.618. The Balaban J connectivity index is 3.08. The molecule has 0 aliphatic carbocycles. The highest BCUT2D eigenvalue weighted by Crippen LogP contribution is 2.17. The molecule has 3 heteroatoms. The van der Waals surface area contributed by atoms with Crippen LogP contribution >= 0.6 is 23.0 Å². The van der Waals surface area contributed by atoms with Crippen LogP contribution in [0, 0.1) is 0 Å². The molecule has 0 fully saturated rings. The molecular formula is C7H4IO2. The molecule has 0 aromatic heterocycles. The van der Waals surface area contributed by atoms with Crippen molar-refractivity contribution in [1.29, 1.82) is 0 Å². The van der Waals surface area contributed by atoms with E-state index in [9.17, 15) is 4.79 Å². The largest absolute Gasteiger partial charge is 0.427 e. The van der Waals surface area contributed by atoms with Gasteiger partial charge in [0.2, 0.25) is 6.29 Å². The molecule has 2 nitrogen and oxygen atoms in total. The number of rotatable bonds is 2. The van der Waals surface area contributed by atoms with Gasteiger partial charge in [-0.25, -0.2) is 0 Å². The van der Waals surface area contributed by atoms with Crippen LogP contribution in [0.3, 0.4) is 0 Å². The average molecular weight is 247 g/mol. The summed E-state index contributed by atoms with van der Waals surface area (Å²) in [5.41, 5.74) is 0.455. The highest BCUT2D eigenvalue weighted by molar-refractivity contribution is 14.1. The average Bonchev–Trinajstić information content (AvgIpc) is 2.04. The molecule has 0 N–H and O–H groups in total. The zero-order chi connectivity index (χ0) is 7.40. The molecule has 0 bridgehead atoms. The van der Waals surface area contributed by atoms with Gasteiger partial charge in [-0.1, -0.05) is 12.1 Å². The molecular weight excluding hydrogens is 243 g/mol. The maximum Gasteiger partial charge on any atom is 0.237 e.